The molecule has 1 heterocycles. The summed E-state index contributed by atoms with van der Waals surface area (Å²) in [7, 11) is 0. The molecule has 1 radical (unpaired) electrons. The number of benzene rings is 1. The Bertz CT molecular complexity index is 486. The molecule has 1 aromatic heterocycles. The molecule has 0 atom stereocenters. The van der Waals surface area contributed by atoms with Crippen molar-refractivity contribution in [2.75, 3.05) is 0 Å². The number of aryl methyl sites for hydroxylation is 1. The van der Waals surface area contributed by atoms with Crippen LogP contribution in [0.25, 0.3) is 11.3 Å². The van der Waals surface area contributed by atoms with E-state index in [9.17, 15) is 4.79 Å². The number of hydrogen-bond donors (Lipinski definition) is 0. The molecule has 1 aromatic carbocycles. The Morgan fingerprint density at radius 2 is 2.00 bits per heavy atom. The summed E-state index contributed by atoms with van der Waals surface area (Å²) in [4.78, 5) is 11.3. The van der Waals surface area contributed by atoms with Crippen LogP contribution < -0.4 is 0 Å². The lowest BCUT2D eigenvalue weighted by Gasteiger charge is -1.97. The first-order valence-corrected chi connectivity index (χ1v) is 4.58. The number of Topliss-reactive ketones (excluding diaryl/α,β-unsaturated/α-hetero) is 1. The van der Waals surface area contributed by atoms with Gasteiger partial charge in [-0.2, -0.15) is 0 Å². The van der Waals surface area contributed by atoms with Gasteiger partial charge in [0.25, 0.3) is 0 Å². The minimum Gasteiger partial charge on any atom is -0.360 e. The molecule has 0 fully saturated rings. The Balaban J connectivity index is 2.59. The summed E-state index contributed by atoms with van der Waals surface area (Å²) in [6.45, 7) is 5.10. The van der Waals surface area contributed by atoms with E-state index in [2.05, 4.69) is 12.1 Å². The minimum absolute atomic E-state index is 0.271. The highest BCUT2D eigenvalue weighted by atomic mass is 16.5. The number of nitrogens with zero attached hydrogens (tertiary/aromatic N) is 1. The summed E-state index contributed by atoms with van der Waals surface area (Å²) in [5.41, 5.74) is 1.88. The van der Waals surface area contributed by atoms with E-state index in [1.54, 1.807) is 6.92 Å². The molecule has 0 amide bonds. The highest BCUT2D eigenvalue weighted by molar-refractivity contribution is 6.04. The quantitative estimate of drug-likeness (QED) is 0.700. The number of carbonyl (C=O) groups is 1. The van der Waals surface area contributed by atoms with E-state index in [0.29, 0.717) is 17.0 Å². The van der Waals surface area contributed by atoms with Crippen molar-refractivity contribution in [1.29, 1.82) is 0 Å². The molecule has 75 valence electrons. The van der Waals surface area contributed by atoms with E-state index >= 15 is 0 Å². The third-order valence-corrected chi connectivity index (χ3v) is 2.19. The van der Waals surface area contributed by atoms with Crippen LogP contribution in [0.4, 0.5) is 0 Å². The second-order valence-electron chi connectivity index (χ2n) is 3.25. The van der Waals surface area contributed by atoms with Gasteiger partial charge in [0, 0.05) is 12.5 Å². The van der Waals surface area contributed by atoms with Crippen molar-refractivity contribution in [3.63, 3.8) is 0 Å². The predicted octanol–water partition coefficient (Wildman–Crippen LogP) is 2.67. The van der Waals surface area contributed by atoms with Gasteiger partial charge in [-0.25, -0.2) is 0 Å². The van der Waals surface area contributed by atoms with Crippen molar-refractivity contribution < 1.29 is 9.32 Å². The van der Waals surface area contributed by atoms with E-state index in [1.807, 2.05) is 30.3 Å². The maximum absolute atomic E-state index is 11.3. The molecule has 0 saturated heterocycles. The average molecular weight is 200 g/mol. The number of ketones is 1. The molecule has 0 aliphatic carbocycles. The normalized spacial score (nSPS) is 10.3. The Morgan fingerprint density at radius 3 is 2.60 bits per heavy atom. The molecule has 0 aliphatic rings. The van der Waals surface area contributed by atoms with Crippen LogP contribution in [0.15, 0.2) is 34.9 Å². The third-order valence-electron chi connectivity index (χ3n) is 2.19. The van der Waals surface area contributed by atoms with Gasteiger partial charge in [-0.15, -0.1) is 0 Å². The molecule has 0 saturated carbocycles. The van der Waals surface area contributed by atoms with Crippen LogP contribution in [0.2, 0.25) is 0 Å². The van der Waals surface area contributed by atoms with E-state index in [4.69, 9.17) is 4.52 Å². The molecule has 2 aromatic rings. The minimum atomic E-state index is -0.271. The largest absolute Gasteiger partial charge is 0.360 e. The lowest BCUT2D eigenvalue weighted by atomic mass is 10.0. The van der Waals surface area contributed by atoms with Crippen molar-refractivity contribution >= 4 is 5.78 Å². The van der Waals surface area contributed by atoms with Gasteiger partial charge in [0.1, 0.15) is 11.5 Å². The molecule has 15 heavy (non-hydrogen) atoms. The Kier molecular flexibility index (Phi) is 2.37. The third kappa shape index (κ3) is 1.68. The number of hydrogen-bond acceptors (Lipinski definition) is 3. The predicted molar refractivity (Wildman–Crippen MR) is 56.4 cm³/mol. The molecule has 0 N–H and O–H groups in total. The molecule has 2 rings (SSSR count). The second-order valence-corrected chi connectivity index (χ2v) is 3.25. The molecule has 0 spiro atoms. The van der Waals surface area contributed by atoms with E-state index in [-0.39, 0.29) is 5.78 Å². The first-order valence-electron chi connectivity index (χ1n) is 4.58. The van der Waals surface area contributed by atoms with Gasteiger partial charge in [0.15, 0.2) is 5.78 Å². The highest BCUT2D eigenvalue weighted by Crippen LogP contribution is 2.24. The first kappa shape index (κ1) is 9.65. The van der Waals surface area contributed by atoms with E-state index in [1.165, 1.54) is 0 Å². The molecular formula is C12H10NO2. The number of aromatic nitrogens is 1. The Morgan fingerprint density at radius 1 is 1.33 bits per heavy atom. The van der Waals surface area contributed by atoms with Gasteiger partial charge in [0.05, 0.1) is 5.56 Å². The summed E-state index contributed by atoms with van der Waals surface area (Å²) in [5.74, 6) is 0.237. The van der Waals surface area contributed by atoms with Crippen molar-refractivity contribution in [3.8, 4) is 11.3 Å². The van der Waals surface area contributed by atoms with Crippen molar-refractivity contribution in [2.45, 2.75) is 6.92 Å². The van der Waals surface area contributed by atoms with Crippen molar-refractivity contribution in [3.05, 3.63) is 48.6 Å². The standard InChI is InChI=1S/C12H10NO2/c1-8(14)11-9(2)15-13-12(11)10-6-4-3-5-7-10/h3-7H,1H2,2H3. The Hall–Kier alpha value is -1.90. The molecule has 0 aliphatic heterocycles. The summed E-state index contributed by atoms with van der Waals surface area (Å²) < 4.78 is 5.00. The smallest absolute Gasteiger partial charge is 0.169 e. The monoisotopic (exact) mass is 200 g/mol. The van der Waals surface area contributed by atoms with Crippen LogP contribution in [0.1, 0.15) is 16.1 Å². The summed E-state index contributed by atoms with van der Waals surface area (Å²) >= 11 is 0. The molecule has 3 heteroatoms. The van der Waals surface area contributed by atoms with Crippen LogP contribution in [0.3, 0.4) is 0 Å². The zero-order chi connectivity index (χ0) is 10.8. The highest BCUT2D eigenvalue weighted by Gasteiger charge is 2.17. The molecular weight excluding hydrogens is 190 g/mol. The first-order chi connectivity index (χ1) is 7.20. The maximum atomic E-state index is 11.3. The van der Waals surface area contributed by atoms with Crippen LogP contribution in [-0.4, -0.2) is 10.9 Å². The number of carbonyl (C=O) groups excluding carboxylic acids is 1. The fourth-order valence-electron chi connectivity index (χ4n) is 1.49. The lowest BCUT2D eigenvalue weighted by Crippen LogP contribution is -1.95. The van der Waals surface area contributed by atoms with Crippen LogP contribution in [0, 0.1) is 13.8 Å². The van der Waals surface area contributed by atoms with Crippen molar-refractivity contribution in [2.24, 2.45) is 0 Å². The van der Waals surface area contributed by atoms with Gasteiger partial charge < -0.3 is 4.52 Å². The van der Waals surface area contributed by atoms with Gasteiger partial charge in [-0.05, 0) is 6.92 Å². The van der Waals surface area contributed by atoms with Crippen LogP contribution >= 0.6 is 0 Å². The summed E-state index contributed by atoms with van der Waals surface area (Å²) in [6, 6.07) is 9.43. The van der Waals surface area contributed by atoms with E-state index < -0.39 is 0 Å². The Labute approximate surface area is 87.7 Å². The summed E-state index contributed by atoms with van der Waals surface area (Å²) in [5, 5.41) is 3.87. The lowest BCUT2D eigenvalue weighted by molar-refractivity contribution is 0.104. The van der Waals surface area contributed by atoms with Gasteiger partial charge in [0.2, 0.25) is 0 Å². The fourth-order valence-corrected chi connectivity index (χ4v) is 1.49. The van der Waals surface area contributed by atoms with Gasteiger partial charge in [-0.1, -0.05) is 35.5 Å². The zero-order valence-corrected chi connectivity index (χ0v) is 8.36. The average Bonchev–Trinajstić information content (AvgIpc) is 2.61. The SMILES string of the molecule is [CH2]C(=O)c1c(-c2ccccc2)noc1C. The van der Waals surface area contributed by atoms with Gasteiger partial charge >= 0.3 is 0 Å². The van der Waals surface area contributed by atoms with E-state index in [0.717, 1.165) is 5.56 Å². The number of rotatable bonds is 2. The zero-order valence-electron chi connectivity index (χ0n) is 8.36. The topological polar surface area (TPSA) is 43.1 Å². The fraction of sp³-hybridized carbons (Fsp3) is 0.0833. The van der Waals surface area contributed by atoms with Crippen molar-refractivity contribution in [1.82, 2.24) is 5.16 Å². The molecule has 3 nitrogen and oxygen atoms in total. The van der Waals surface area contributed by atoms with Gasteiger partial charge in [-0.3, -0.25) is 4.79 Å². The second kappa shape index (κ2) is 3.69. The summed E-state index contributed by atoms with van der Waals surface area (Å²) in [6.07, 6.45) is 0. The van der Waals surface area contributed by atoms with Crippen LogP contribution in [0.5, 0.6) is 0 Å². The molecule has 0 bridgehead atoms. The maximum Gasteiger partial charge on any atom is 0.169 e. The molecule has 0 unspecified atom stereocenters. The van der Waals surface area contributed by atoms with Crippen LogP contribution in [-0.2, 0) is 0 Å².